The summed E-state index contributed by atoms with van der Waals surface area (Å²) in [6, 6.07) is 6.02. The summed E-state index contributed by atoms with van der Waals surface area (Å²) >= 11 is 0. The molecule has 0 aliphatic carbocycles. The van der Waals surface area contributed by atoms with E-state index in [4.69, 9.17) is 4.74 Å². The highest BCUT2D eigenvalue weighted by Crippen LogP contribution is 2.29. The number of carbonyl (C=O) groups is 1. The second-order valence-electron chi connectivity index (χ2n) is 5.50. The number of benzene rings is 1. The largest absolute Gasteiger partial charge is 0.418 e. The van der Waals surface area contributed by atoms with Crippen LogP contribution in [0.4, 0.5) is 13.6 Å². The number of amides is 1. The van der Waals surface area contributed by atoms with E-state index in [-0.39, 0.29) is 12.1 Å². The highest BCUT2D eigenvalue weighted by atomic mass is 19.3. The maximum absolute atomic E-state index is 13.5. The van der Waals surface area contributed by atoms with Gasteiger partial charge in [-0.15, -0.1) is 0 Å². The summed E-state index contributed by atoms with van der Waals surface area (Å²) < 4.78 is 31.8. The van der Waals surface area contributed by atoms with Crippen molar-refractivity contribution in [2.75, 3.05) is 6.54 Å². The molecular formula is C17H15F2N3O2. The zero-order chi connectivity index (χ0) is 17.2. The van der Waals surface area contributed by atoms with Gasteiger partial charge in [0.25, 0.3) is 5.92 Å². The van der Waals surface area contributed by atoms with Crippen molar-refractivity contribution in [1.82, 2.24) is 14.9 Å². The number of alkyl halides is 2. The van der Waals surface area contributed by atoms with E-state index < -0.39 is 12.0 Å². The number of nitrogens with zero attached hydrogens (tertiary/aromatic N) is 3. The van der Waals surface area contributed by atoms with E-state index in [1.54, 1.807) is 18.2 Å². The van der Waals surface area contributed by atoms with E-state index in [0.29, 0.717) is 23.5 Å². The Balaban J connectivity index is 1.85. The molecule has 0 spiro atoms. The molecule has 7 heteroatoms. The maximum Gasteiger partial charge on any atom is 0.415 e. The van der Waals surface area contributed by atoms with Crippen LogP contribution in [0, 0.1) is 0 Å². The Hall–Kier alpha value is -2.83. The molecule has 1 aromatic heterocycles. The summed E-state index contributed by atoms with van der Waals surface area (Å²) in [5.41, 5.74) is 1.48. The summed E-state index contributed by atoms with van der Waals surface area (Å²) in [5.74, 6) is -2.93. The van der Waals surface area contributed by atoms with Gasteiger partial charge in [-0.2, -0.15) is 0 Å². The van der Waals surface area contributed by atoms with E-state index in [1.807, 2.05) is 0 Å². The number of halogens is 2. The molecule has 24 heavy (non-hydrogen) atoms. The van der Waals surface area contributed by atoms with E-state index in [9.17, 15) is 13.6 Å². The van der Waals surface area contributed by atoms with Gasteiger partial charge >= 0.3 is 6.09 Å². The first-order chi connectivity index (χ1) is 11.4. The van der Waals surface area contributed by atoms with E-state index in [0.717, 1.165) is 6.92 Å². The number of ether oxygens (including phenoxy) is 1. The third kappa shape index (κ3) is 3.56. The molecule has 5 nitrogen and oxygen atoms in total. The lowest BCUT2D eigenvalue weighted by Crippen LogP contribution is -2.33. The maximum atomic E-state index is 13.5. The Morgan fingerprint density at radius 3 is 2.92 bits per heavy atom. The van der Waals surface area contributed by atoms with Gasteiger partial charge < -0.3 is 4.74 Å². The average molecular weight is 331 g/mol. The van der Waals surface area contributed by atoms with Gasteiger partial charge in [0.05, 0.1) is 36.6 Å². The fourth-order valence-electron chi connectivity index (χ4n) is 2.32. The zero-order valence-electron chi connectivity index (χ0n) is 12.9. The Kier molecular flexibility index (Phi) is 4.24. The minimum Gasteiger partial charge on any atom is -0.418 e. The van der Waals surface area contributed by atoms with Crippen molar-refractivity contribution in [3.05, 3.63) is 60.3 Å². The molecule has 0 atom stereocenters. The topological polar surface area (TPSA) is 55.3 Å². The molecule has 0 bridgehead atoms. The molecule has 0 N–H and O–H groups in total. The van der Waals surface area contributed by atoms with E-state index >= 15 is 0 Å². The molecule has 1 aromatic carbocycles. The third-order valence-corrected chi connectivity index (χ3v) is 3.55. The van der Waals surface area contributed by atoms with Gasteiger partial charge in [-0.05, 0) is 12.1 Å². The highest BCUT2D eigenvalue weighted by molar-refractivity contribution is 5.69. The van der Waals surface area contributed by atoms with Crippen LogP contribution in [-0.4, -0.2) is 27.5 Å². The van der Waals surface area contributed by atoms with Crippen molar-refractivity contribution in [3.8, 4) is 11.3 Å². The smallest absolute Gasteiger partial charge is 0.415 e. The molecule has 1 amide bonds. The van der Waals surface area contributed by atoms with Crippen LogP contribution in [0.25, 0.3) is 11.3 Å². The van der Waals surface area contributed by atoms with Gasteiger partial charge in [0.1, 0.15) is 0 Å². The first kappa shape index (κ1) is 16.0. The van der Waals surface area contributed by atoms with Crippen LogP contribution in [0.1, 0.15) is 18.2 Å². The number of cyclic esters (lactones) is 1. The minimum absolute atomic E-state index is 0.0862. The van der Waals surface area contributed by atoms with Crippen molar-refractivity contribution in [1.29, 1.82) is 0 Å². The molecule has 2 aromatic rings. The van der Waals surface area contributed by atoms with E-state index in [2.05, 4.69) is 9.97 Å². The Bertz CT molecular complexity index is 787. The van der Waals surface area contributed by atoms with Crippen molar-refractivity contribution < 1.29 is 18.3 Å². The molecular weight excluding hydrogens is 316 g/mol. The monoisotopic (exact) mass is 331 g/mol. The van der Waals surface area contributed by atoms with Gasteiger partial charge in [0.15, 0.2) is 0 Å². The lowest BCUT2D eigenvalue weighted by atomic mass is 10.0. The fraction of sp³-hybridized carbons (Fsp3) is 0.235. The van der Waals surface area contributed by atoms with Crippen molar-refractivity contribution in [3.63, 3.8) is 0 Å². The second-order valence-corrected chi connectivity index (χ2v) is 5.50. The summed E-state index contributed by atoms with van der Waals surface area (Å²) in [5, 5.41) is 0. The van der Waals surface area contributed by atoms with Crippen LogP contribution >= 0.6 is 0 Å². The van der Waals surface area contributed by atoms with Crippen molar-refractivity contribution in [2.45, 2.75) is 19.4 Å². The van der Waals surface area contributed by atoms with E-state index in [1.165, 1.54) is 35.7 Å². The lowest BCUT2D eigenvalue weighted by molar-refractivity contribution is 0.0175. The second kappa shape index (κ2) is 6.35. The van der Waals surface area contributed by atoms with Crippen LogP contribution in [-0.2, 0) is 17.2 Å². The number of carbonyl (C=O) groups excluding carboxylic acids is 1. The molecule has 2 heterocycles. The molecule has 124 valence electrons. The minimum atomic E-state index is -2.93. The normalized spacial score (nSPS) is 14.6. The Morgan fingerprint density at radius 2 is 2.17 bits per heavy atom. The molecule has 0 saturated heterocycles. The SMILES string of the molecule is CC(F)(F)c1cccc(-c2cncc(CN3CC=COC3=O)n2)c1. The summed E-state index contributed by atoms with van der Waals surface area (Å²) in [4.78, 5) is 21.6. The van der Waals surface area contributed by atoms with Gasteiger partial charge in [-0.3, -0.25) is 9.88 Å². The number of hydrogen-bond acceptors (Lipinski definition) is 4. The third-order valence-electron chi connectivity index (χ3n) is 3.55. The van der Waals surface area contributed by atoms with Crippen LogP contribution < -0.4 is 0 Å². The number of aromatic nitrogens is 2. The predicted molar refractivity (Wildman–Crippen MR) is 83.1 cm³/mol. The lowest BCUT2D eigenvalue weighted by Gasteiger charge is -2.21. The van der Waals surface area contributed by atoms with Gasteiger partial charge in [-0.25, -0.2) is 18.6 Å². The number of hydrogen-bond donors (Lipinski definition) is 0. The highest BCUT2D eigenvalue weighted by Gasteiger charge is 2.24. The number of rotatable bonds is 4. The fourth-order valence-corrected chi connectivity index (χ4v) is 2.32. The molecule has 1 aliphatic rings. The van der Waals surface area contributed by atoms with Gasteiger partial charge in [0, 0.05) is 24.6 Å². The first-order valence-electron chi connectivity index (χ1n) is 7.34. The van der Waals surface area contributed by atoms with Crippen LogP contribution in [0.3, 0.4) is 0 Å². The molecule has 0 fully saturated rings. The molecule has 1 aliphatic heterocycles. The van der Waals surface area contributed by atoms with Crippen molar-refractivity contribution >= 4 is 6.09 Å². The average Bonchev–Trinajstić information content (AvgIpc) is 2.57. The Labute approximate surface area is 137 Å². The standard InChI is InChI=1S/C17H15F2N3O2/c1-17(18,19)13-5-2-4-12(8-13)15-10-20-9-14(21-15)11-22-6-3-7-24-16(22)23/h2-5,7-10H,6,11H2,1H3. The van der Waals surface area contributed by atoms with Crippen molar-refractivity contribution in [2.24, 2.45) is 0 Å². The quantitative estimate of drug-likeness (QED) is 0.857. The molecule has 3 rings (SSSR count). The Morgan fingerprint density at radius 1 is 1.33 bits per heavy atom. The summed E-state index contributed by atoms with van der Waals surface area (Å²) in [6.07, 6.45) is 5.64. The van der Waals surface area contributed by atoms with Gasteiger partial charge in [-0.1, -0.05) is 18.2 Å². The predicted octanol–water partition coefficient (Wildman–Crippen LogP) is 3.72. The van der Waals surface area contributed by atoms with Crippen LogP contribution in [0.5, 0.6) is 0 Å². The summed E-state index contributed by atoms with van der Waals surface area (Å²) in [7, 11) is 0. The van der Waals surface area contributed by atoms with Gasteiger partial charge in [0.2, 0.25) is 0 Å². The zero-order valence-corrected chi connectivity index (χ0v) is 12.9. The first-order valence-corrected chi connectivity index (χ1v) is 7.34. The van der Waals surface area contributed by atoms with Crippen LogP contribution in [0.15, 0.2) is 49.0 Å². The molecule has 0 radical (unpaired) electrons. The van der Waals surface area contributed by atoms with Crippen LogP contribution in [0.2, 0.25) is 0 Å². The molecule has 0 saturated carbocycles. The molecule has 0 unspecified atom stereocenters. The summed E-state index contributed by atoms with van der Waals surface area (Å²) in [6.45, 7) is 1.50.